The molecule has 8 aromatic carbocycles. The Balaban J connectivity index is 1.30. The van der Waals surface area contributed by atoms with Gasteiger partial charge in [-0.05, 0) is 75.8 Å². The Bertz CT molecular complexity index is 2730. The van der Waals surface area contributed by atoms with Crippen molar-refractivity contribution in [1.29, 1.82) is 0 Å². The normalized spacial score (nSPS) is 15.4. The number of anilines is 3. The fourth-order valence-electron chi connectivity index (χ4n) is 10.0. The lowest BCUT2D eigenvalue weighted by molar-refractivity contribution is 0.430. The number of rotatable bonds is 1. The minimum atomic E-state index is -0.689. The van der Waals surface area contributed by atoms with Crippen LogP contribution in [0.3, 0.4) is 0 Å². The van der Waals surface area contributed by atoms with Gasteiger partial charge in [-0.2, -0.15) is 0 Å². The monoisotopic (exact) mass is 677 g/mol. The number of nitrogens with zero attached hydrogens (tertiary/aromatic N) is 1. The van der Waals surface area contributed by atoms with Gasteiger partial charge in [0.25, 0.3) is 0 Å². The molecule has 0 amide bonds. The first-order valence-corrected chi connectivity index (χ1v) is 18.3. The zero-order valence-corrected chi connectivity index (χ0v) is 28.7. The number of fused-ring (bicyclic) bond motifs is 16. The highest BCUT2D eigenvalue weighted by atomic mass is 16.5. The topological polar surface area (TPSA) is 21.7 Å². The molecule has 4 aliphatic heterocycles. The van der Waals surface area contributed by atoms with Crippen LogP contribution in [0.4, 0.5) is 17.1 Å². The molecule has 4 heterocycles. The van der Waals surface area contributed by atoms with Gasteiger partial charge in [0.15, 0.2) is 0 Å². The zero-order valence-electron chi connectivity index (χ0n) is 28.7. The Hall–Kier alpha value is -6.84. The minimum absolute atomic E-state index is 0.642. The van der Waals surface area contributed by atoms with Crippen LogP contribution in [0.2, 0.25) is 0 Å². The van der Waals surface area contributed by atoms with Crippen LogP contribution in [-0.4, -0.2) is 0 Å². The lowest BCUT2D eigenvalue weighted by Gasteiger charge is -2.54. The van der Waals surface area contributed by atoms with E-state index >= 15 is 0 Å². The van der Waals surface area contributed by atoms with Gasteiger partial charge in [0.1, 0.15) is 23.0 Å². The van der Waals surface area contributed by atoms with Gasteiger partial charge in [-0.15, -0.1) is 0 Å². The molecule has 3 nitrogen and oxygen atoms in total. The smallest absolute Gasteiger partial charge is 0.132 e. The Morgan fingerprint density at radius 1 is 0.302 bits per heavy atom. The zero-order chi connectivity index (χ0) is 34.7. The highest BCUT2D eigenvalue weighted by Gasteiger charge is 2.57. The SMILES string of the molecule is c1ccc(-c2ccc3c(c2)C2(c4ccccc4Oc4ccccc42)c2cccc4c2N3c2ccccc2C42c3ccccc3Oc3ccccc32)cc1. The van der Waals surface area contributed by atoms with Crippen molar-refractivity contribution in [3.8, 4) is 34.1 Å². The van der Waals surface area contributed by atoms with Gasteiger partial charge in [-0.1, -0.05) is 146 Å². The molecule has 248 valence electrons. The van der Waals surface area contributed by atoms with E-state index in [1.54, 1.807) is 0 Å². The van der Waals surface area contributed by atoms with Crippen molar-refractivity contribution in [3.05, 3.63) is 233 Å². The molecule has 0 fully saturated rings. The first kappa shape index (κ1) is 28.8. The third kappa shape index (κ3) is 3.49. The molecule has 8 aromatic rings. The lowest BCUT2D eigenvalue weighted by Crippen LogP contribution is -2.45. The molecule has 0 aliphatic carbocycles. The van der Waals surface area contributed by atoms with E-state index in [1.807, 2.05) is 0 Å². The first-order valence-electron chi connectivity index (χ1n) is 18.3. The predicted octanol–water partition coefficient (Wildman–Crippen LogP) is 12.4. The van der Waals surface area contributed by atoms with Crippen molar-refractivity contribution < 1.29 is 9.47 Å². The van der Waals surface area contributed by atoms with Crippen LogP contribution < -0.4 is 14.4 Å². The molecule has 0 radical (unpaired) electrons. The lowest BCUT2D eigenvalue weighted by atomic mass is 9.56. The third-order valence-corrected chi connectivity index (χ3v) is 12.0. The maximum atomic E-state index is 6.78. The van der Waals surface area contributed by atoms with E-state index in [4.69, 9.17) is 9.47 Å². The van der Waals surface area contributed by atoms with Crippen molar-refractivity contribution in [2.24, 2.45) is 0 Å². The van der Waals surface area contributed by atoms with Crippen LogP contribution in [0, 0.1) is 0 Å². The summed E-state index contributed by atoms with van der Waals surface area (Å²) < 4.78 is 13.5. The molecule has 0 N–H and O–H groups in total. The minimum Gasteiger partial charge on any atom is -0.457 e. The Morgan fingerprint density at radius 3 is 1.26 bits per heavy atom. The number of hydrogen-bond acceptors (Lipinski definition) is 3. The van der Waals surface area contributed by atoms with Gasteiger partial charge in [-0.3, -0.25) is 0 Å². The van der Waals surface area contributed by atoms with E-state index in [0.717, 1.165) is 56.6 Å². The van der Waals surface area contributed by atoms with Gasteiger partial charge in [0, 0.05) is 22.3 Å². The van der Waals surface area contributed by atoms with E-state index in [1.165, 1.54) is 39.1 Å². The highest BCUT2D eigenvalue weighted by molar-refractivity contribution is 5.99. The second-order valence-corrected chi connectivity index (χ2v) is 14.3. The van der Waals surface area contributed by atoms with Crippen LogP contribution in [0.1, 0.15) is 44.5 Å². The van der Waals surface area contributed by atoms with E-state index < -0.39 is 10.8 Å². The quantitative estimate of drug-likeness (QED) is 0.173. The molecule has 0 aromatic heterocycles. The number of benzene rings is 8. The molecule has 0 saturated carbocycles. The van der Waals surface area contributed by atoms with Crippen molar-refractivity contribution in [3.63, 3.8) is 0 Å². The standard InChI is InChI=1S/C50H31NO2/c1-2-15-32(16-3-1)33-29-30-43-41(31-33)50(37-20-7-12-27-46(37)53-47-28-13-8-21-38(47)50)40-23-14-22-39-48(40)51(43)42-24-9-4-17-34(42)49(39)35-18-5-10-25-44(35)52-45-26-11-6-19-36(45)49/h1-31H. The van der Waals surface area contributed by atoms with Crippen LogP contribution in [0.5, 0.6) is 23.0 Å². The van der Waals surface area contributed by atoms with Crippen LogP contribution in [0.15, 0.2) is 188 Å². The fourth-order valence-corrected chi connectivity index (χ4v) is 10.0. The highest BCUT2D eigenvalue weighted by Crippen LogP contribution is 2.69. The molecule has 0 atom stereocenters. The van der Waals surface area contributed by atoms with Gasteiger partial charge in [-0.25, -0.2) is 0 Å². The van der Waals surface area contributed by atoms with Gasteiger partial charge in [0.05, 0.1) is 27.9 Å². The van der Waals surface area contributed by atoms with E-state index in [2.05, 4.69) is 193 Å². The summed E-state index contributed by atoms with van der Waals surface area (Å²) in [5.74, 6) is 3.52. The summed E-state index contributed by atoms with van der Waals surface area (Å²) in [5, 5.41) is 0. The van der Waals surface area contributed by atoms with E-state index in [9.17, 15) is 0 Å². The molecule has 3 heteroatoms. The van der Waals surface area contributed by atoms with E-state index in [0.29, 0.717) is 0 Å². The molecule has 2 spiro atoms. The molecule has 53 heavy (non-hydrogen) atoms. The molecule has 0 bridgehead atoms. The molecular weight excluding hydrogens is 647 g/mol. The number of ether oxygens (including phenoxy) is 2. The Kier molecular flexibility index (Phi) is 5.64. The maximum Gasteiger partial charge on any atom is 0.132 e. The summed E-state index contributed by atoms with van der Waals surface area (Å²) in [6.45, 7) is 0. The first-order chi connectivity index (χ1) is 26.3. The summed E-state index contributed by atoms with van der Waals surface area (Å²) in [7, 11) is 0. The summed E-state index contributed by atoms with van der Waals surface area (Å²) in [5.41, 5.74) is 14.0. The van der Waals surface area contributed by atoms with Crippen molar-refractivity contribution in [1.82, 2.24) is 0 Å². The largest absolute Gasteiger partial charge is 0.457 e. The second kappa shape index (κ2) is 10.4. The van der Waals surface area contributed by atoms with Crippen molar-refractivity contribution >= 4 is 17.1 Å². The average Bonchev–Trinajstić information content (AvgIpc) is 3.23. The molecule has 0 saturated heterocycles. The second-order valence-electron chi connectivity index (χ2n) is 14.3. The predicted molar refractivity (Wildman–Crippen MR) is 210 cm³/mol. The maximum absolute atomic E-state index is 6.78. The third-order valence-electron chi connectivity index (χ3n) is 12.0. The molecule has 0 unspecified atom stereocenters. The molecule has 4 aliphatic rings. The van der Waals surface area contributed by atoms with Crippen LogP contribution >= 0.6 is 0 Å². The summed E-state index contributed by atoms with van der Waals surface area (Å²) >= 11 is 0. The summed E-state index contributed by atoms with van der Waals surface area (Å²) in [6, 6.07) is 68.2. The molecule has 12 rings (SSSR count). The van der Waals surface area contributed by atoms with Gasteiger partial charge in [0.2, 0.25) is 0 Å². The van der Waals surface area contributed by atoms with Gasteiger partial charge < -0.3 is 14.4 Å². The summed E-state index contributed by atoms with van der Waals surface area (Å²) in [6.07, 6.45) is 0. The number of para-hydroxylation sites is 6. The summed E-state index contributed by atoms with van der Waals surface area (Å²) in [4.78, 5) is 2.54. The van der Waals surface area contributed by atoms with Gasteiger partial charge >= 0.3 is 0 Å². The molecular formula is C50H31NO2. The Labute approximate surface area is 308 Å². The van der Waals surface area contributed by atoms with Crippen LogP contribution in [0.25, 0.3) is 11.1 Å². The number of hydrogen-bond donors (Lipinski definition) is 0. The van der Waals surface area contributed by atoms with Crippen molar-refractivity contribution in [2.45, 2.75) is 10.8 Å². The van der Waals surface area contributed by atoms with E-state index in [-0.39, 0.29) is 0 Å². The van der Waals surface area contributed by atoms with Crippen LogP contribution in [-0.2, 0) is 10.8 Å². The average molecular weight is 678 g/mol. The Morgan fingerprint density at radius 2 is 0.717 bits per heavy atom. The van der Waals surface area contributed by atoms with Crippen molar-refractivity contribution in [2.75, 3.05) is 4.90 Å². The fraction of sp³-hybridized carbons (Fsp3) is 0.0400.